The normalized spacial score (nSPS) is 31.2. The van der Waals surface area contributed by atoms with Crippen LogP contribution < -0.4 is 0 Å². The minimum atomic E-state index is -3.13. The van der Waals surface area contributed by atoms with Crippen molar-refractivity contribution in [1.82, 2.24) is 28.2 Å². The molecule has 0 unspecified atom stereocenters. The van der Waals surface area contributed by atoms with Crippen molar-refractivity contribution in [3.05, 3.63) is 58.7 Å². The number of phenols is 2. The van der Waals surface area contributed by atoms with Crippen molar-refractivity contribution in [1.29, 1.82) is 0 Å². The minimum Gasteiger partial charge on any atom is -0.508 e. The Morgan fingerprint density at radius 1 is 0.646 bits per heavy atom. The van der Waals surface area contributed by atoms with E-state index >= 15 is 0 Å². The van der Waals surface area contributed by atoms with Gasteiger partial charge in [0.15, 0.2) is 0 Å². The van der Waals surface area contributed by atoms with Crippen LogP contribution in [0.2, 0.25) is 0 Å². The largest absolute Gasteiger partial charge is 0.508 e. The van der Waals surface area contributed by atoms with Crippen LogP contribution in [0.25, 0.3) is 0 Å². The molecule has 0 radical (unpaired) electrons. The van der Waals surface area contributed by atoms with E-state index in [9.17, 15) is 27.0 Å². The Morgan fingerprint density at radius 2 is 1.06 bits per heavy atom. The van der Waals surface area contributed by atoms with Crippen LogP contribution in [0.5, 0.6) is 11.5 Å². The van der Waals surface area contributed by atoms with Gasteiger partial charge in [-0.1, -0.05) is 52.7 Å². The number of likely N-dealkylation sites (tertiary alicyclic amines) is 2. The standard InChI is InChI=1S/C26H41N3O3S.C25H41N3O3S/c1-26-12-15-27(2)24(16-20-8-9-21(30)17-23(20)26)25(26)28(3)18-19-10-13-29(14-11-19)33(31,32)22-6-4-5-7-22;1-18(2)17-32(30,31)28-11-8-19(9-12-28)16-27(5)24-23-14-20-6-7-21(29)15-22(20)25(24,3)10-13-26(23)4/h8-9,17,19,22,24-25,30H,4-7,10-16,18H2,1-3H3;6-7,15,18-19,23-24,29H,8-14,16-17H2,1-5H3/t24-,25+,26-;23-,24+,25-/m11/s1. The molecule has 9 rings (SSSR count). The monoisotopic (exact) mass is 939 g/mol. The molecule has 0 aromatic heterocycles. The zero-order valence-corrected chi connectivity index (χ0v) is 42.6. The molecule has 14 heteroatoms. The number of nitrogens with zero attached hydrogens (tertiary/aromatic N) is 6. The fourth-order valence-corrected chi connectivity index (χ4v) is 18.0. The Labute approximate surface area is 392 Å². The highest BCUT2D eigenvalue weighted by Crippen LogP contribution is 2.49. The van der Waals surface area contributed by atoms with Crippen LogP contribution in [0.15, 0.2) is 36.4 Å². The lowest BCUT2D eigenvalue weighted by Gasteiger charge is -2.58. The van der Waals surface area contributed by atoms with Gasteiger partial charge in [-0.3, -0.25) is 0 Å². The van der Waals surface area contributed by atoms with Crippen LogP contribution in [0.4, 0.5) is 0 Å². The molecule has 5 fully saturated rings. The van der Waals surface area contributed by atoms with E-state index in [4.69, 9.17) is 0 Å². The maximum atomic E-state index is 13.0. The van der Waals surface area contributed by atoms with E-state index in [1.807, 2.05) is 38.1 Å². The second-order valence-corrected chi connectivity index (χ2v) is 26.8. The molecule has 2 aromatic rings. The number of rotatable bonds is 11. The lowest BCUT2D eigenvalue weighted by Crippen LogP contribution is -2.66. The van der Waals surface area contributed by atoms with Crippen molar-refractivity contribution in [2.75, 3.05) is 86.3 Å². The predicted octanol–water partition coefficient (Wildman–Crippen LogP) is 6.10. The number of sulfonamides is 2. The first-order chi connectivity index (χ1) is 30.7. The fourth-order valence-electron chi connectivity index (χ4n) is 14.1. The van der Waals surface area contributed by atoms with Crippen LogP contribution in [0.1, 0.15) is 114 Å². The quantitative estimate of drug-likeness (QED) is 0.273. The zero-order valence-electron chi connectivity index (χ0n) is 41.0. The second-order valence-electron chi connectivity index (χ2n) is 22.6. The van der Waals surface area contributed by atoms with Crippen LogP contribution in [-0.4, -0.2) is 171 Å². The van der Waals surface area contributed by atoms with E-state index in [-0.39, 0.29) is 27.8 Å². The molecular formula is C51H82N6O6S2. The molecule has 12 nitrogen and oxygen atoms in total. The molecule has 3 aliphatic carbocycles. The number of piperidine rings is 4. The topological polar surface area (TPSA) is 128 Å². The molecule has 65 heavy (non-hydrogen) atoms. The number of aromatic hydroxyl groups is 2. The maximum absolute atomic E-state index is 13.0. The van der Waals surface area contributed by atoms with Gasteiger partial charge in [0.05, 0.1) is 11.0 Å². The summed E-state index contributed by atoms with van der Waals surface area (Å²) in [5, 5.41) is 20.3. The highest BCUT2D eigenvalue weighted by molar-refractivity contribution is 7.89. The minimum absolute atomic E-state index is 0.0134. The van der Waals surface area contributed by atoms with E-state index in [1.54, 1.807) is 8.61 Å². The molecule has 2 N–H and O–H groups in total. The van der Waals surface area contributed by atoms with Gasteiger partial charge in [0.1, 0.15) is 11.5 Å². The van der Waals surface area contributed by atoms with Gasteiger partial charge in [-0.05, 0) is 170 Å². The molecule has 4 aliphatic heterocycles. The van der Waals surface area contributed by atoms with Gasteiger partial charge < -0.3 is 29.8 Å². The summed E-state index contributed by atoms with van der Waals surface area (Å²) >= 11 is 0. The van der Waals surface area contributed by atoms with Crippen LogP contribution in [-0.2, 0) is 43.7 Å². The smallest absolute Gasteiger partial charge is 0.216 e. The molecule has 4 saturated heterocycles. The third-order valence-corrected chi connectivity index (χ3v) is 22.3. The van der Waals surface area contributed by atoms with Gasteiger partial charge in [0.25, 0.3) is 0 Å². The van der Waals surface area contributed by atoms with Crippen LogP contribution in [0.3, 0.4) is 0 Å². The fraction of sp³-hybridized carbons (Fsp3) is 0.765. The third-order valence-electron chi connectivity index (χ3n) is 17.6. The van der Waals surface area contributed by atoms with Crippen molar-refractivity contribution in [2.45, 2.75) is 145 Å². The van der Waals surface area contributed by atoms with E-state index < -0.39 is 20.0 Å². The van der Waals surface area contributed by atoms with E-state index in [0.717, 1.165) is 103 Å². The number of hydrogen-bond donors (Lipinski definition) is 2. The zero-order chi connectivity index (χ0) is 46.6. The first-order valence-electron chi connectivity index (χ1n) is 25.1. The first kappa shape index (κ1) is 49.1. The van der Waals surface area contributed by atoms with Gasteiger partial charge in [-0.25, -0.2) is 25.4 Å². The van der Waals surface area contributed by atoms with Crippen molar-refractivity contribution < 1.29 is 27.0 Å². The Kier molecular flexibility index (Phi) is 14.5. The summed E-state index contributed by atoms with van der Waals surface area (Å²) in [6.45, 7) is 15.5. The number of hydrogen-bond acceptors (Lipinski definition) is 10. The highest BCUT2D eigenvalue weighted by atomic mass is 32.2. The van der Waals surface area contributed by atoms with Gasteiger partial charge in [-0.15, -0.1) is 0 Å². The summed E-state index contributed by atoms with van der Waals surface area (Å²) in [5.74, 6) is 2.19. The molecule has 7 aliphatic rings. The number of likely N-dealkylation sites (N-methyl/N-ethyl adjacent to an activating group) is 4. The molecule has 0 amide bonds. The molecule has 6 atom stereocenters. The van der Waals surface area contributed by atoms with Crippen molar-refractivity contribution >= 4 is 20.0 Å². The van der Waals surface area contributed by atoms with Gasteiger partial charge >= 0.3 is 0 Å². The van der Waals surface area contributed by atoms with Gasteiger partial charge in [0, 0.05) is 74.3 Å². The van der Waals surface area contributed by atoms with E-state index in [2.05, 4.69) is 73.8 Å². The Morgan fingerprint density at radius 3 is 1.48 bits per heavy atom. The predicted molar refractivity (Wildman–Crippen MR) is 262 cm³/mol. The molecule has 4 bridgehead atoms. The lowest BCUT2D eigenvalue weighted by molar-refractivity contribution is -0.00619. The Hall–Kier alpha value is -2.30. The summed E-state index contributed by atoms with van der Waals surface area (Å²) in [6, 6.07) is 13.6. The van der Waals surface area contributed by atoms with Gasteiger partial charge in [-0.2, -0.15) is 0 Å². The number of benzene rings is 2. The molecule has 4 heterocycles. The van der Waals surface area contributed by atoms with E-state index in [0.29, 0.717) is 73.7 Å². The lowest BCUT2D eigenvalue weighted by atomic mass is 9.61. The average Bonchev–Trinajstić information content (AvgIpc) is 3.81. The molecule has 364 valence electrons. The molecule has 0 spiro atoms. The van der Waals surface area contributed by atoms with Crippen molar-refractivity contribution in [2.24, 2.45) is 17.8 Å². The van der Waals surface area contributed by atoms with Crippen molar-refractivity contribution in [3.63, 3.8) is 0 Å². The highest BCUT2D eigenvalue weighted by Gasteiger charge is 2.53. The molecule has 2 aromatic carbocycles. The van der Waals surface area contributed by atoms with Crippen LogP contribution in [0, 0.1) is 17.8 Å². The maximum Gasteiger partial charge on any atom is 0.216 e. The van der Waals surface area contributed by atoms with Gasteiger partial charge in [0.2, 0.25) is 20.0 Å². The molecule has 1 saturated carbocycles. The summed E-state index contributed by atoms with van der Waals surface area (Å²) < 4.78 is 54.8. The number of phenolic OH excluding ortho intramolecular Hbond substituents is 2. The number of fused-ring (bicyclic) bond motifs is 8. The second kappa shape index (κ2) is 19.2. The molecular weight excluding hydrogens is 857 g/mol. The Balaban J connectivity index is 0.000000177. The summed E-state index contributed by atoms with van der Waals surface area (Å²) in [5.41, 5.74) is 5.41. The summed E-state index contributed by atoms with van der Waals surface area (Å²) in [4.78, 5) is 10.2. The SMILES string of the molecule is CC(C)CS(=O)(=O)N1CCC(CN(C)[C@H]2[C@H]3Cc4ccc(O)cc4[C@@]2(C)CCN3C)CC1.CN1CC[C@]2(C)c3cc(O)ccc3C[C@@H]1[C@@H]2N(C)CC1CCN(S(=O)(=O)C2CCCC2)CC1. The summed E-state index contributed by atoms with van der Waals surface area (Å²) in [6.07, 6.45) is 11.8. The van der Waals surface area contributed by atoms with Crippen molar-refractivity contribution in [3.8, 4) is 11.5 Å². The summed E-state index contributed by atoms with van der Waals surface area (Å²) in [7, 11) is 2.78. The first-order valence-corrected chi connectivity index (χ1v) is 28.2. The average molecular weight is 939 g/mol. The Bertz CT molecular complexity index is 2200. The van der Waals surface area contributed by atoms with E-state index in [1.165, 1.54) is 22.3 Å². The third kappa shape index (κ3) is 9.81. The van der Waals surface area contributed by atoms with Crippen LogP contribution >= 0.6 is 0 Å².